The number of benzene rings is 2. The number of fused-ring (bicyclic) bond motifs is 5. The van der Waals surface area contributed by atoms with Crippen molar-refractivity contribution in [2.45, 2.75) is 57.5 Å². The Kier molecular flexibility index (Phi) is 8.62. The average molecular weight is 586 g/mol. The van der Waals surface area contributed by atoms with E-state index in [0.29, 0.717) is 57.8 Å². The molecule has 0 radical (unpaired) electrons. The third kappa shape index (κ3) is 6.53. The summed E-state index contributed by atoms with van der Waals surface area (Å²) in [4.78, 5) is 48.3. The number of nitrogens with one attached hydrogen (secondary N) is 1. The minimum Gasteiger partial charge on any atom is -0.494 e. The highest BCUT2D eigenvalue weighted by Crippen LogP contribution is 2.31. The Morgan fingerprint density at radius 3 is 2.84 bits per heavy atom. The maximum atomic E-state index is 13.6. The second-order valence-electron chi connectivity index (χ2n) is 11.5. The Morgan fingerprint density at radius 1 is 1.05 bits per heavy atom. The van der Waals surface area contributed by atoms with E-state index in [2.05, 4.69) is 10.3 Å². The number of hydrogen-bond donors (Lipinski definition) is 1. The van der Waals surface area contributed by atoms with Crippen molar-refractivity contribution in [2.75, 3.05) is 39.4 Å². The number of imidazole rings is 1. The van der Waals surface area contributed by atoms with Gasteiger partial charge in [0.15, 0.2) is 0 Å². The van der Waals surface area contributed by atoms with Crippen LogP contribution < -0.4 is 14.8 Å². The van der Waals surface area contributed by atoms with Crippen LogP contribution in [0.5, 0.6) is 11.5 Å². The summed E-state index contributed by atoms with van der Waals surface area (Å²) in [5.74, 6) is 2.09. The molecule has 226 valence electrons. The molecule has 3 aliphatic rings. The molecule has 10 heteroatoms. The van der Waals surface area contributed by atoms with Crippen molar-refractivity contribution in [2.24, 2.45) is 0 Å². The Hall–Kier alpha value is -4.34. The number of amides is 3. The Bertz CT molecular complexity index is 1490. The number of hydrogen-bond acceptors (Lipinski definition) is 6. The van der Waals surface area contributed by atoms with Gasteiger partial charge < -0.3 is 29.2 Å². The number of nitrogens with zero attached hydrogens (tertiary/aromatic N) is 4. The van der Waals surface area contributed by atoms with E-state index >= 15 is 0 Å². The highest BCUT2D eigenvalue weighted by Gasteiger charge is 2.37. The van der Waals surface area contributed by atoms with Crippen LogP contribution in [0.15, 0.2) is 54.9 Å². The van der Waals surface area contributed by atoms with Crippen molar-refractivity contribution in [1.29, 1.82) is 0 Å². The first kappa shape index (κ1) is 28.8. The molecule has 4 heterocycles. The molecule has 1 saturated heterocycles. The lowest BCUT2D eigenvalue weighted by atomic mass is 9.94. The molecule has 2 bridgehead atoms. The Morgan fingerprint density at radius 2 is 1.95 bits per heavy atom. The van der Waals surface area contributed by atoms with E-state index in [4.69, 9.17) is 9.47 Å². The van der Waals surface area contributed by atoms with E-state index in [9.17, 15) is 14.4 Å². The van der Waals surface area contributed by atoms with Gasteiger partial charge in [-0.3, -0.25) is 14.4 Å². The van der Waals surface area contributed by atoms with Gasteiger partial charge in [0.1, 0.15) is 17.3 Å². The summed E-state index contributed by atoms with van der Waals surface area (Å²) in [7, 11) is 0. The third-order valence-electron chi connectivity index (χ3n) is 8.64. The SMILES string of the molecule is CCc1nccn1CCC(=O)N1C[C@@H]2NC(=O)CN(C(=O)c3ccc4c(c3)CCO4)CCCCOc3cccc(c3)[C@H]2C1. The fourth-order valence-electron chi connectivity index (χ4n) is 6.33. The van der Waals surface area contributed by atoms with E-state index in [-0.39, 0.29) is 36.2 Å². The van der Waals surface area contributed by atoms with Crippen molar-refractivity contribution in [3.63, 3.8) is 0 Å². The molecule has 2 atom stereocenters. The molecule has 0 aliphatic carbocycles. The molecule has 1 fully saturated rings. The minimum absolute atomic E-state index is 0.0419. The van der Waals surface area contributed by atoms with Gasteiger partial charge in [0.05, 0.1) is 25.8 Å². The van der Waals surface area contributed by atoms with Crippen LogP contribution in [0.25, 0.3) is 0 Å². The molecule has 0 saturated carbocycles. The van der Waals surface area contributed by atoms with E-state index in [1.165, 1.54) is 0 Å². The molecule has 10 nitrogen and oxygen atoms in total. The molecule has 1 aromatic heterocycles. The zero-order chi connectivity index (χ0) is 29.8. The Balaban J connectivity index is 1.19. The zero-order valence-electron chi connectivity index (χ0n) is 24.7. The first-order valence-electron chi connectivity index (χ1n) is 15.3. The summed E-state index contributed by atoms with van der Waals surface area (Å²) in [6.45, 7) is 5.04. The van der Waals surface area contributed by atoms with E-state index < -0.39 is 0 Å². The lowest BCUT2D eigenvalue weighted by Crippen LogP contribution is -2.47. The van der Waals surface area contributed by atoms with Crippen LogP contribution in [0.3, 0.4) is 0 Å². The fraction of sp³-hybridized carbons (Fsp3) is 0.455. The van der Waals surface area contributed by atoms with Gasteiger partial charge in [0.2, 0.25) is 11.8 Å². The normalized spacial score (nSPS) is 20.3. The van der Waals surface area contributed by atoms with Gasteiger partial charge in [0.25, 0.3) is 5.91 Å². The standard InChI is InChI=1S/C33H39N5O5/c1-2-30-34-12-15-36(30)14-10-32(40)38-20-27-23-6-5-7-26(19-23)42-16-4-3-13-37(22-31(39)35-28(27)21-38)33(41)25-8-9-29-24(18-25)11-17-43-29/h5-9,12,15,18-19,27-28H,2-4,10-11,13-14,16-17,20-22H2,1H3,(H,35,39)/t27-,28+/m1/s1. The van der Waals surface area contributed by atoms with Crippen LogP contribution in [0.2, 0.25) is 0 Å². The molecule has 43 heavy (non-hydrogen) atoms. The highest BCUT2D eigenvalue weighted by molar-refractivity contribution is 5.97. The quantitative estimate of drug-likeness (QED) is 0.493. The van der Waals surface area contributed by atoms with Gasteiger partial charge >= 0.3 is 0 Å². The fourth-order valence-corrected chi connectivity index (χ4v) is 6.33. The van der Waals surface area contributed by atoms with Gasteiger partial charge in [-0.15, -0.1) is 0 Å². The summed E-state index contributed by atoms with van der Waals surface area (Å²) in [6.07, 6.45) is 7.06. The van der Waals surface area contributed by atoms with Crippen molar-refractivity contribution in [3.05, 3.63) is 77.4 Å². The van der Waals surface area contributed by atoms with Crippen LogP contribution in [-0.2, 0) is 29.0 Å². The molecule has 1 N–H and O–H groups in total. The second kappa shape index (κ2) is 12.9. The maximum Gasteiger partial charge on any atom is 0.254 e. The molecule has 0 spiro atoms. The smallest absolute Gasteiger partial charge is 0.254 e. The van der Waals surface area contributed by atoms with Crippen molar-refractivity contribution >= 4 is 17.7 Å². The van der Waals surface area contributed by atoms with Gasteiger partial charge in [-0.2, -0.15) is 0 Å². The molecule has 3 aromatic rings. The summed E-state index contributed by atoms with van der Waals surface area (Å²) in [5, 5.41) is 3.19. The topological polar surface area (TPSA) is 106 Å². The van der Waals surface area contributed by atoms with Gasteiger partial charge in [-0.25, -0.2) is 4.98 Å². The number of ether oxygens (including phenoxy) is 2. The molecule has 2 aromatic carbocycles. The van der Waals surface area contributed by atoms with Gasteiger partial charge in [-0.05, 0) is 54.3 Å². The van der Waals surface area contributed by atoms with E-state index in [0.717, 1.165) is 47.7 Å². The van der Waals surface area contributed by atoms with Gasteiger partial charge in [0, 0.05) is 69.3 Å². The summed E-state index contributed by atoms with van der Waals surface area (Å²) < 4.78 is 13.7. The zero-order valence-corrected chi connectivity index (χ0v) is 24.7. The first-order valence-corrected chi connectivity index (χ1v) is 15.3. The third-order valence-corrected chi connectivity index (χ3v) is 8.64. The van der Waals surface area contributed by atoms with E-state index in [1.807, 2.05) is 59.0 Å². The molecular formula is C33H39N5O5. The van der Waals surface area contributed by atoms with Gasteiger partial charge in [-0.1, -0.05) is 19.1 Å². The van der Waals surface area contributed by atoms with Crippen molar-refractivity contribution < 1.29 is 23.9 Å². The molecule has 3 aliphatic heterocycles. The maximum absolute atomic E-state index is 13.6. The van der Waals surface area contributed by atoms with E-state index in [1.54, 1.807) is 17.2 Å². The minimum atomic E-state index is -0.289. The molecule has 0 unspecified atom stereocenters. The summed E-state index contributed by atoms with van der Waals surface area (Å²) >= 11 is 0. The van der Waals surface area contributed by atoms with Crippen LogP contribution in [0.4, 0.5) is 0 Å². The Labute approximate surface area is 252 Å². The largest absolute Gasteiger partial charge is 0.494 e. The average Bonchev–Trinajstić information content (AvgIpc) is 3.78. The van der Waals surface area contributed by atoms with Crippen LogP contribution in [0.1, 0.15) is 59.4 Å². The van der Waals surface area contributed by atoms with Crippen LogP contribution in [-0.4, -0.2) is 82.5 Å². The number of aromatic nitrogens is 2. The van der Waals surface area contributed by atoms with Crippen LogP contribution >= 0.6 is 0 Å². The number of rotatable bonds is 5. The van der Waals surface area contributed by atoms with Crippen LogP contribution in [0, 0.1) is 0 Å². The predicted molar refractivity (Wildman–Crippen MR) is 160 cm³/mol. The summed E-state index contributed by atoms with van der Waals surface area (Å²) in [5.41, 5.74) is 2.60. The lowest BCUT2D eigenvalue weighted by Gasteiger charge is -2.26. The molecular weight excluding hydrogens is 546 g/mol. The first-order chi connectivity index (χ1) is 21.0. The monoisotopic (exact) mass is 585 g/mol. The van der Waals surface area contributed by atoms with Crippen molar-refractivity contribution in [1.82, 2.24) is 24.7 Å². The highest BCUT2D eigenvalue weighted by atomic mass is 16.5. The molecule has 6 rings (SSSR count). The number of carbonyl (C=O) groups excluding carboxylic acids is 3. The predicted octanol–water partition coefficient (Wildman–Crippen LogP) is 3.20. The molecule has 3 amide bonds. The van der Waals surface area contributed by atoms with Crippen molar-refractivity contribution in [3.8, 4) is 11.5 Å². The number of likely N-dealkylation sites (tertiary alicyclic amines) is 1. The number of carbonyl (C=O) groups is 3. The summed E-state index contributed by atoms with van der Waals surface area (Å²) in [6, 6.07) is 13.2. The second-order valence-corrected chi connectivity index (χ2v) is 11.5. The number of aryl methyl sites for hydroxylation is 2. The lowest BCUT2D eigenvalue weighted by molar-refractivity contribution is -0.130.